The Labute approximate surface area is 306 Å². The standard InChI is InChI=1S/C38H38N6O8S/c1-23(2)50-36(46)43(37(47)51-24(3)4)33-21-26(19-20-39-33)52-31-18-17-30(28-11-9-10-12-29(28)31)40-35(45)41-34-22-32(38(5,6)7)42-44(34)25-13-15-27(16-14-25)53(8,48)49/h9-22H,1,3H2,2,4-8H3,(H2,40,41,45). The first kappa shape index (κ1) is 37.8. The summed E-state index contributed by atoms with van der Waals surface area (Å²) >= 11 is 0. The number of pyridine rings is 1. The first-order valence-corrected chi connectivity index (χ1v) is 18.0. The van der Waals surface area contributed by atoms with E-state index in [9.17, 15) is 22.8 Å². The van der Waals surface area contributed by atoms with Crippen LogP contribution in [-0.4, -0.2) is 47.7 Å². The summed E-state index contributed by atoms with van der Waals surface area (Å²) in [6.45, 7) is 15.9. The lowest BCUT2D eigenvalue weighted by Gasteiger charge is -2.19. The van der Waals surface area contributed by atoms with Crippen LogP contribution in [0.4, 0.5) is 31.7 Å². The van der Waals surface area contributed by atoms with Gasteiger partial charge in [-0.2, -0.15) is 10.00 Å². The van der Waals surface area contributed by atoms with Crippen LogP contribution in [0, 0.1) is 0 Å². The number of ether oxygens (including phenoxy) is 3. The molecule has 0 bridgehead atoms. The van der Waals surface area contributed by atoms with E-state index in [1.165, 1.54) is 44.3 Å². The molecule has 5 aromatic rings. The van der Waals surface area contributed by atoms with Gasteiger partial charge in [-0.1, -0.05) is 58.2 Å². The van der Waals surface area contributed by atoms with Crippen molar-refractivity contribution >= 4 is 56.2 Å². The van der Waals surface area contributed by atoms with Gasteiger partial charge in [-0.05, 0) is 56.3 Å². The molecule has 4 amide bonds. The molecule has 53 heavy (non-hydrogen) atoms. The van der Waals surface area contributed by atoms with E-state index in [1.54, 1.807) is 41.1 Å². The Bertz CT molecular complexity index is 2330. The largest absolute Gasteiger partial charge is 0.457 e. The van der Waals surface area contributed by atoms with Crippen molar-refractivity contribution in [3.63, 3.8) is 0 Å². The second-order valence-corrected chi connectivity index (χ2v) is 15.0. The lowest BCUT2D eigenvalue weighted by molar-refractivity contribution is 0.165. The number of hydrogen-bond acceptors (Lipinski definition) is 10. The molecule has 0 spiro atoms. The Morgan fingerprint density at radius 1 is 0.830 bits per heavy atom. The van der Waals surface area contributed by atoms with Gasteiger partial charge in [-0.15, -0.1) is 0 Å². The van der Waals surface area contributed by atoms with Crippen LogP contribution in [0.25, 0.3) is 16.5 Å². The molecule has 0 fully saturated rings. The van der Waals surface area contributed by atoms with Crippen LogP contribution in [0.3, 0.4) is 0 Å². The Kier molecular flexibility index (Phi) is 10.7. The van der Waals surface area contributed by atoms with E-state index < -0.39 is 28.1 Å². The highest BCUT2D eigenvalue weighted by atomic mass is 32.2. The zero-order chi connectivity index (χ0) is 38.7. The molecule has 2 aromatic heterocycles. The molecular weight excluding hydrogens is 701 g/mol. The number of nitrogens with one attached hydrogen (secondary N) is 2. The molecule has 0 atom stereocenters. The van der Waals surface area contributed by atoms with Crippen LogP contribution >= 0.6 is 0 Å². The average molecular weight is 739 g/mol. The molecule has 0 aliphatic heterocycles. The number of anilines is 3. The predicted octanol–water partition coefficient (Wildman–Crippen LogP) is 8.70. The number of hydrogen-bond donors (Lipinski definition) is 2. The zero-order valence-electron chi connectivity index (χ0n) is 30.0. The molecule has 5 rings (SSSR count). The van der Waals surface area contributed by atoms with Crippen molar-refractivity contribution in [2.75, 3.05) is 21.8 Å². The van der Waals surface area contributed by atoms with Gasteiger partial charge in [-0.25, -0.2) is 32.5 Å². The van der Waals surface area contributed by atoms with Gasteiger partial charge in [0.15, 0.2) is 15.7 Å². The normalized spacial score (nSPS) is 11.4. The molecule has 0 unspecified atom stereocenters. The fourth-order valence-electron chi connectivity index (χ4n) is 4.97. The number of nitrogens with zero attached hydrogens (tertiary/aromatic N) is 4. The van der Waals surface area contributed by atoms with Gasteiger partial charge in [0.2, 0.25) is 0 Å². The van der Waals surface area contributed by atoms with E-state index >= 15 is 0 Å². The van der Waals surface area contributed by atoms with Crippen molar-refractivity contribution in [2.24, 2.45) is 0 Å². The van der Waals surface area contributed by atoms with E-state index in [0.717, 1.165) is 6.26 Å². The number of aromatic nitrogens is 3. The summed E-state index contributed by atoms with van der Waals surface area (Å²) in [6, 6.07) is 20.9. The summed E-state index contributed by atoms with van der Waals surface area (Å²) in [4.78, 5) is 44.0. The quantitative estimate of drug-likeness (QED) is 0.139. The molecule has 15 heteroatoms. The minimum Gasteiger partial charge on any atom is -0.457 e. The van der Waals surface area contributed by atoms with Crippen LogP contribution in [0.15, 0.2) is 115 Å². The predicted molar refractivity (Wildman–Crippen MR) is 201 cm³/mol. The van der Waals surface area contributed by atoms with Gasteiger partial charge < -0.3 is 19.5 Å². The first-order chi connectivity index (χ1) is 24.9. The maximum absolute atomic E-state index is 13.5. The highest BCUT2D eigenvalue weighted by Gasteiger charge is 2.29. The Hall–Kier alpha value is -6.48. The number of amides is 4. The number of rotatable bonds is 9. The number of carbonyl (C=O) groups is 3. The molecule has 2 heterocycles. The fraction of sp³-hybridized carbons (Fsp3) is 0.184. The second kappa shape index (κ2) is 15.0. The van der Waals surface area contributed by atoms with E-state index in [0.29, 0.717) is 44.3 Å². The molecule has 0 aliphatic carbocycles. The Morgan fingerprint density at radius 3 is 2.04 bits per heavy atom. The molecular formula is C38H38N6O8S. The third kappa shape index (κ3) is 9.07. The van der Waals surface area contributed by atoms with Crippen molar-refractivity contribution in [3.05, 3.63) is 115 Å². The summed E-state index contributed by atoms with van der Waals surface area (Å²) in [5.74, 6) is 0.943. The number of urea groups is 1. The van der Waals surface area contributed by atoms with Gasteiger partial charge in [0.25, 0.3) is 0 Å². The van der Waals surface area contributed by atoms with Crippen molar-refractivity contribution < 1.29 is 37.0 Å². The summed E-state index contributed by atoms with van der Waals surface area (Å²) in [5, 5.41) is 11.8. The maximum Gasteiger partial charge on any atom is 0.430 e. The SMILES string of the molecule is C=C(C)OC(=O)N(C(=O)OC(=C)C)c1cc(Oc2ccc(NC(=O)Nc3cc(C(C)(C)C)nn3-c3ccc(S(C)(=O)=O)cc3)c3ccccc23)ccn1. The van der Waals surface area contributed by atoms with Crippen LogP contribution in [0.2, 0.25) is 0 Å². The van der Waals surface area contributed by atoms with Crippen molar-refractivity contribution in [3.8, 4) is 17.2 Å². The fourth-order valence-corrected chi connectivity index (χ4v) is 5.60. The maximum atomic E-state index is 13.5. The summed E-state index contributed by atoms with van der Waals surface area (Å²) in [7, 11) is -3.40. The third-order valence-corrected chi connectivity index (χ3v) is 8.55. The van der Waals surface area contributed by atoms with Crippen LogP contribution in [0.1, 0.15) is 40.3 Å². The van der Waals surface area contributed by atoms with E-state index in [4.69, 9.17) is 19.3 Å². The van der Waals surface area contributed by atoms with E-state index in [2.05, 4.69) is 28.8 Å². The van der Waals surface area contributed by atoms with Gasteiger partial charge in [0, 0.05) is 40.8 Å². The molecule has 0 saturated heterocycles. The molecule has 274 valence electrons. The zero-order valence-corrected chi connectivity index (χ0v) is 30.8. The van der Waals surface area contributed by atoms with Crippen molar-refractivity contribution in [1.82, 2.24) is 14.8 Å². The Balaban J connectivity index is 1.42. The average Bonchev–Trinajstić information content (AvgIpc) is 3.49. The monoisotopic (exact) mass is 738 g/mol. The van der Waals surface area contributed by atoms with Gasteiger partial charge in [0.05, 0.1) is 33.5 Å². The van der Waals surface area contributed by atoms with Gasteiger partial charge in [-0.3, -0.25) is 5.32 Å². The van der Waals surface area contributed by atoms with Crippen molar-refractivity contribution in [1.29, 1.82) is 0 Å². The molecule has 14 nitrogen and oxygen atoms in total. The number of sulfone groups is 1. The number of benzene rings is 3. The summed E-state index contributed by atoms with van der Waals surface area (Å²) in [5.41, 5.74) is 1.37. The third-order valence-electron chi connectivity index (χ3n) is 7.42. The minimum atomic E-state index is -3.40. The topological polar surface area (TPSA) is 171 Å². The first-order valence-electron chi connectivity index (χ1n) is 16.1. The molecule has 2 N–H and O–H groups in total. The van der Waals surface area contributed by atoms with Crippen LogP contribution in [-0.2, 0) is 24.7 Å². The molecule has 0 saturated carbocycles. The van der Waals surface area contributed by atoms with Gasteiger partial charge in [0.1, 0.15) is 17.3 Å². The van der Waals surface area contributed by atoms with Crippen LogP contribution < -0.4 is 20.3 Å². The highest BCUT2D eigenvalue weighted by molar-refractivity contribution is 7.90. The smallest absolute Gasteiger partial charge is 0.430 e. The summed E-state index contributed by atoms with van der Waals surface area (Å²) in [6.07, 6.45) is 0.302. The highest BCUT2D eigenvalue weighted by Crippen LogP contribution is 2.36. The number of allylic oxidation sites excluding steroid dienone is 2. The minimum absolute atomic E-state index is 0.0471. The van der Waals surface area contributed by atoms with E-state index in [1.807, 2.05) is 39.0 Å². The Morgan fingerprint density at radius 2 is 1.45 bits per heavy atom. The molecule has 3 aromatic carbocycles. The molecule has 0 radical (unpaired) electrons. The lowest BCUT2D eigenvalue weighted by Crippen LogP contribution is -2.38. The second-order valence-electron chi connectivity index (χ2n) is 13.0. The van der Waals surface area contributed by atoms with Crippen molar-refractivity contribution in [2.45, 2.75) is 44.9 Å². The van der Waals surface area contributed by atoms with E-state index in [-0.39, 0.29) is 33.4 Å². The number of fused-ring (bicyclic) bond motifs is 1. The lowest BCUT2D eigenvalue weighted by atomic mass is 9.92. The molecule has 0 aliphatic rings. The number of imide groups is 1. The van der Waals surface area contributed by atoms with Crippen LogP contribution in [0.5, 0.6) is 11.5 Å². The number of carbonyl (C=O) groups excluding carboxylic acids is 3. The summed E-state index contributed by atoms with van der Waals surface area (Å²) < 4.78 is 41.9. The van der Waals surface area contributed by atoms with Gasteiger partial charge >= 0.3 is 18.2 Å².